The zero-order valence-corrected chi connectivity index (χ0v) is 65.4. The van der Waals surface area contributed by atoms with Crippen molar-refractivity contribution >= 4 is 173 Å². The summed E-state index contributed by atoms with van der Waals surface area (Å²) in [6.07, 6.45) is 0. The second kappa shape index (κ2) is 26.9. The Kier molecular flexibility index (Phi) is 15.1. The van der Waals surface area contributed by atoms with Gasteiger partial charge in [-0.15, -0.1) is 0 Å². The van der Waals surface area contributed by atoms with E-state index >= 15 is 0 Å². The Morgan fingerprint density at radius 2 is 0.325 bits per heavy atom. The number of fused-ring (bicyclic) bond motifs is 26. The Hall–Kier alpha value is -15.9. The van der Waals surface area contributed by atoms with Crippen LogP contribution in [-0.4, -0.2) is 18.3 Å². The molecule has 0 aliphatic carbocycles. The van der Waals surface area contributed by atoms with E-state index in [1.165, 1.54) is 229 Å². The molecule has 0 aliphatic heterocycles. The molecule has 120 heavy (non-hydrogen) atoms. The number of para-hydroxylation sites is 4. The maximum Gasteiger partial charge on any atom is 0.0541 e. The molecule has 0 unspecified atom stereocenters. The van der Waals surface area contributed by atoms with E-state index in [9.17, 15) is 0 Å². The number of rotatable bonds is 8. The maximum absolute atomic E-state index is 2.43. The van der Waals surface area contributed by atoms with Gasteiger partial charge in [0.25, 0.3) is 0 Å². The Morgan fingerprint density at radius 3 is 0.675 bits per heavy atom. The molecule has 0 saturated heterocycles. The average Bonchev–Trinajstić information content (AvgIpc) is 1.37. The van der Waals surface area contributed by atoms with Crippen LogP contribution in [0.3, 0.4) is 0 Å². The summed E-state index contributed by atoms with van der Waals surface area (Å²) in [5.41, 5.74) is 24.0. The van der Waals surface area contributed by atoms with E-state index < -0.39 is 0 Å². The van der Waals surface area contributed by atoms with Crippen LogP contribution in [0.4, 0.5) is 0 Å². The first-order valence-corrected chi connectivity index (χ1v) is 41.5. The van der Waals surface area contributed by atoms with Crippen LogP contribution in [0.15, 0.2) is 437 Å². The summed E-state index contributed by atoms with van der Waals surface area (Å²) < 4.78 is 9.67. The lowest BCUT2D eigenvalue weighted by Gasteiger charge is -2.13. The van der Waals surface area contributed by atoms with E-state index in [-0.39, 0.29) is 0 Å². The van der Waals surface area contributed by atoms with Gasteiger partial charge in [-0.05, 0) is 264 Å². The Labute approximate surface area is 691 Å². The molecule has 0 saturated carbocycles. The molecule has 4 nitrogen and oxygen atoms in total. The molecule has 4 aromatic heterocycles. The van der Waals surface area contributed by atoms with E-state index in [0.717, 1.165) is 11.4 Å². The maximum atomic E-state index is 2.43. The predicted octanol–water partition coefficient (Wildman–Crippen LogP) is 31.7. The fourth-order valence-corrected chi connectivity index (χ4v) is 20.2. The minimum atomic E-state index is 1.15. The van der Waals surface area contributed by atoms with Gasteiger partial charge in [0.05, 0.1) is 44.1 Å². The molecule has 4 heteroatoms. The summed E-state index contributed by atoms with van der Waals surface area (Å²) in [6.45, 7) is 0. The van der Waals surface area contributed by atoms with Crippen LogP contribution in [-0.2, 0) is 0 Å². The Bertz CT molecular complexity index is 8730. The first-order chi connectivity index (χ1) is 59.5. The van der Waals surface area contributed by atoms with E-state index in [1.807, 2.05) is 0 Å². The minimum absolute atomic E-state index is 1.15. The molecule has 0 aliphatic rings. The molecule has 0 spiro atoms. The summed E-state index contributed by atoms with van der Waals surface area (Å²) in [7, 11) is 0. The van der Waals surface area contributed by atoms with Gasteiger partial charge in [-0.3, -0.25) is 0 Å². The van der Waals surface area contributed by atoms with Crippen LogP contribution in [0.1, 0.15) is 0 Å². The predicted molar refractivity (Wildman–Crippen MR) is 512 cm³/mol. The number of benzene rings is 22. The molecule has 4 heterocycles. The molecule has 0 N–H and O–H groups in total. The van der Waals surface area contributed by atoms with Crippen molar-refractivity contribution in [3.05, 3.63) is 437 Å². The standard InChI is InChI=1S/2C58H36N2/c1-2-13-38-32-44(28-24-37(38)12-1)60-56-23-10-8-21-51(56)54-36-42(27-31-58(54)60)41-26-30-57-53(35-41)50-20-7-9-22-55(50)59(57)43-15-11-14-39(33-43)40-25-29-49-47-18-4-3-16-45(47)46-17-5-6-19-48(46)52(49)34-40;1-2-12-39-33-44(29-23-37(39)11-1)60-56-20-10-8-18-51(56)54-36-42(26-32-58(54)60)41-25-31-57-53(35-41)50-17-7-9-19-55(50)59(57)43-27-21-38(22-28-43)40-24-30-49-47-15-4-3-13-45(47)46-14-5-6-16-48(46)52(49)34-40/h2*1-36H. The Morgan fingerprint density at radius 1 is 0.100 bits per heavy atom. The van der Waals surface area contributed by atoms with E-state index in [0.29, 0.717) is 0 Å². The molecular weight excluding hydrogens is 1450 g/mol. The third-order valence-electron chi connectivity index (χ3n) is 25.7. The van der Waals surface area contributed by atoms with Gasteiger partial charge in [-0.25, -0.2) is 0 Å². The first-order valence-electron chi connectivity index (χ1n) is 41.5. The third kappa shape index (κ3) is 10.6. The summed E-state index contributed by atoms with van der Waals surface area (Å²) in [6, 6.07) is 161. The summed E-state index contributed by atoms with van der Waals surface area (Å²) in [5.74, 6) is 0. The normalized spacial score (nSPS) is 12.0. The molecular formula is C116H72N4. The van der Waals surface area contributed by atoms with Crippen LogP contribution >= 0.6 is 0 Å². The second-order valence-corrected chi connectivity index (χ2v) is 32.2. The summed E-state index contributed by atoms with van der Waals surface area (Å²) >= 11 is 0. The zero-order valence-electron chi connectivity index (χ0n) is 65.4. The average molecular weight is 1520 g/mol. The highest BCUT2D eigenvalue weighted by Crippen LogP contribution is 2.45. The van der Waals surface area contributed by atoms with Gasteiger partial charge in [-0.2, -0.15) is 0 Å². The molecule has 0 atom stereocenters. The number of hydrogen-bond acceptors (Lipinski definition) is 0. The van der Waals surface area contributed by atoms with Crippen LogP contribution in [0.5, 0.6) is 0 Å². The van der Waals surface area contributed by atoms with E-state index in [2.05, 4.69) is 455 Å². The van der Waals surface area contributed by atoms with Crippen molar-refractivity contribution in [1.82, 2.24) is 18.3 Å². The Balaban J connectivity index is 0.000000133. The van der Waals surface area contributed by atoms with Crippen LogP contribution in [0.2, 0.25) is 0 Å². The molecule has 0 amide bonds. The summed E-state index contributed by atoms with van der Waals surface area (Å²) in [5, 5.41) is 30.5. The minimum Gasteiger partial charge on any atom is -0.309 e. The molecule has 0 fully saturated rings. The van der Waals surface area contributed by atoms with Crippen LogP contribution in [0.25, 0.3) is 241 Å². The first kappa shape index (κ1) is 67.5. The highest BCUT2D eigenvalue weighted by atomic mass is 15.0. The molecule has 26 aromatic rings. The van der Waals surface area contributed by atoms with Gasteiger partial charge in [-0.1, -0.05) is 303 Å². The lowest BCUT2D eigenvalue weighted by molar-refractivity contribution is 1.18. The number of hydrogen-bond donors (Lipinski definition) is 0. The fourth-order valence-electron chi connectivity index (χ4n) is 20.2. The number of aromatic nitrogens is 4. The van der Waals surface area contributed by atoms with E-state index in [4.69, 9.17) is 0 Å². The quantitative estimate of drug-likeness (QED) is 0.135. The molecule has 556 valence electrons. The van der Waals surface area contributed by atoms with Crippen molar-refractivity contribution in [3.8, 4) is 67.3 Å². The lowest BCUT2D eigenvalue weighted by atomic mass is 9.92. The summed E-state index contributed by atoms with van der Waals surface area (Å²) in [4.78, 5) is 0. The SMILES string of the molecule is c1cc(-c2ccc3c4ccccc4c4ccccc4c3c2)cc(-n2c3ccccc3c3cc(-c4ccc5c(c4)c4ccccc4n5-c4ccc5ccccc5c4)ccc32)c1.c1ccc2cc(-n3c4ccccc4c4cc(-c5ccc6c(c5)c5ccccc5n6-c5ccc(-c6ccc7c8ccccc8c8ccccc8c7c6)cc5)ccc43)ccc2c1. The molecule has 0 radical (unpaired) electrons. The van der Waals surface area contributed by atoms with Gasteiger partial charge < -0.3 is 18.3 Å². The van der Waals surface area contributed by atoms with Gasteiger partial charge in [0, 0.05) is 65.8 Å². The third-order valence-corrected chi connectivity index (χ3v) is 25.7. The van der Waals surface area contributed by atoms with Gasteiger partial charge in [0.2, 0.25) is 0 Å². The largest absolute Gasteiger partial charge is 0.309 e. The van der Waals surface area contributed by atoms with Crippen molar-refractivity contribution in [2.24, 2.45) is 0 Å². The van der Waals surface area contributed by atoms with Crippen molar-refractivity contribution in [2.75, 3.05) is 0 Å². The molecule has 22 aromatic carbocycles. The van der Waals surface area contributed by atoms with Crippen molar-refractivity contribution < 1.29 is 0 Å². The highest BCUT2D eigenvalue weighted by Gasteiger charge is 2.22. The fraction of sp³-hybridized carbons (Fsp3) is 0. The highest BCUT2D eigenvalue weighted by molar-refractivity contribution is 6.28. The monoisotopic (exact) mass is 1520 g/mol. The number of nitrogens with zero attached hydrogens (tertiary/aromatic N) is 4. The molecule has 26 rings (SSSR count). The van der Waals surface area contributed by atoms with Gasteiger partial charge >= 0.3 is 0 Å². The topological polar surface area (TPSA) is 19.7 Å². The van der Waals surface area contributed by atoms with Crippen molar-refractivity contribution in [1.29, 1.82) is 0 Å². The van der Waals surface area contributed by atoms with Crippen molar-refractivity contribution in [2.45, 2.75) is 0 Å². The lowest BCUT2D eigenvalue weighted by Crippen LogP contribution is -1.94. The van der Waals surface area contributed by atoms with Gasteiger partial charge in [0.1, 0.15) is 0 Å². The van der Waals surface area contributed by atoms with Crippen LogP contribution in [0, 0.1) is 0 Å². The molecule has 0 bridgehead atoms. The zero-order chi connectivity index (χ0) is 78.6. The van der Waals surface area contributed by atoms with E-state index in [1.54, 1.807) is 0 Å². The van der Waals surface area contributed by atoms with Gasteiger partial charge in [0.15, 0.2) is 0 Å². The van der Waals surface area contributed by atoms with Crippen LogP contribution < -0.4 is 0 Å². The second-order valence-electron chi connectivity index (χ2n) is 32.2. The smallest absolute Gasteiger partial charge is 0.0541 e. The van der Waals surface area contributed by atoms with Crippen molar-refractivity contribution in [3.63, 3.8) is 0 Å².